The number of rotatable bonds is 5. The van der Waals surface area contributed by atoms with Crippen molar-refractivity contribution in [2.24, 2.45) is 0 Å². The van der Waals surface area contributed by atoms with Gasteiger partial charge in [0.15, 0.2) is 0 Å². The molecule has 1 aromatic heterocycles. The quantitative estimate of drug-likeness (QED) is 0.823. The Kier molecular flexibility index (Phi) is 5.55. The second kappa shape index (κ2) is 7.43. The lowest BCUT2D eigenvalue weighted by atomic mass is 10.0. The molecule has 4 nitrogen and oxygen atoms in total. The Labute approximate surface area is 137 Å². The summed E-state index contributed by atoms with van der Waals surface area (Å²) in [5.41, 5.74) is 0. The van der Waals surface area contributed by atoms with Crippen molar-refractivity contribution in [3.63, 3.8) is 0 Å². The average molecular weight is 344 g/mol. The molecule has 124 valence electrons. The first-order valence-corrected chi connectivity index (χ1v) is 10.7. The van der Waals surface area contributed by atoms with Gasteiger partial charge in [-0.2, -0.15) is 4.31 Å². The van der Waals surface area contributed by atoms with Crippen molar-refractivity contribution in [1.82, 2.24) is 4.31 Å². The molecule has 0 amide bonds. The fourth-order valence-electron chi connectivity index (χ4n) is 3.51. The summed E-state index contributed by atoms with van der Waals surface area (Å²) < 4.78 is 33.6. The fraction of sp³-hybridized carbons (Fsp3) is 0.750. The molecule has 0 aromatic carbocycles. The van der Waals surface area contributed by atoms with E-state index in [2.05, 4.69) is 0 Å². The van der Waals surface area contributed by atoms with Crippen LogP contribution >= 0.6 is 11.3 Å². The van der Waals surface area contributed by atoms with Gasteiger partial charge in [-0.05, 0) is 37.1 Å². The minimum absolute atomic E-state index is 0.0998. The molecule has 0 bridgehead atoms. The van der Waals surface area contributed by atoms with Gasteiger partial charge >= 0.3 is 0 Å². The Morgan fingerprint density at radius 3 is 2.50 bits per heavy atom. The van der Waals surface area contributed by atoms with Gasteiger partial charge in [0.2, 0.25) is 10.0 Å². The molecular formula is C16H25NO3S2. The first-order chi connectivity index (χ1) is 10.7. The van der Waals surface area contributed by atoms with Crippen molar-refractivity contribution in [2.45, 2.75) is 62.8 Å². The number of ether oxygens (including phenoxy) is 1. The third-order valence-electron chi connectivity index (χ3n) is 4.79. The molecule has 2 fully saturated rings. The molecule has 6 heteroatoms. The smallest absolute Gasteiger partial charge is 0.217 e. The Morgan fingerprint density at radius 2 is 1.86 bits per heavy atom. The van der Waals surface area contributed by atoms with Gasteiger partial charge in [-0.3, -0.25) is 0 Å². The van der Waals surface area contributed by atoms with Gasteiger partial charge in [-0.25, -0.2) is 8.42 Å². The third kappa shape index (κ3) is 3.72. The van der Waals surface area contributed by atoms with Crippen LogP contribution in [-0.4, -0.2) is 37.2 Å². The summed E-state index contributed by atoms with van der Waals surface area (Å²) in [7, 11) is -3.22. The van der Waals surface area contributed by atoms with Crippen molar-refractivity contribution < 1.29 is 13.2 Å². The first-order valence-electron chi connectivity index (χ1n) is 8.29. The van der Waals surface area contributed by atoms with Crippen LogP contribution in [0.1, 0.15) is 49.8 Å². The maximum Gasteiger partial charge on any atom is 0.217 e. The van der Waals surface area contributed by atoms with Crippen molar-refractivity contribution in [3.05, 3.63) is 22.4 Å². The standard InChI is InChI=1S/C16H25NO3S2/c18-22(19,16-6-2-1-3-7-16)17(13-15-5-4-12-21-15)14-8-10-20-11-9-14/h4-5,12,14,16H,1-3,6-11,13H2. The molecule has 1 saturated heterocycles. The monoisotopic (exact) mass is 343 g/mol. The van der Waals surface area contributed by atoms with Gasteiger partial charge in [0.1, 0.15) is 0 Å². The highest BCUT2D eigenvalue weighted by molar-refractivity contribution is 7.89. The zero-order valence-electron chi connectivity index (χ0n) is 12.9. The number of thiophene rings is 1. The zero-order valence-corrected chi connectivity index (χ0v) is 14.6. The molecule has 2 heterocycles. The predicted octanol–water partition coefficient (Wildman–Crippen LogP) is 3.39. The van der Waals surface area contributed by atoms with Crippen LogP contribution in [0.15, 0.2) is 17.5 Å². The Bertz CT molecular complexity index is 544. The Balaban J connectivity index is 1.82. The second-order valence-electron chi connectivity index (χ2n) is 6.27. The summed E-state index contributed by atoms with van der Waals surface area (Å²) in [6.07, 6.45) is 6.55. The first kappa shape index (κ1) is 16.4. The van der Waals surface area contributed by atoms with Crippen molar-refractivity contribution in [1.29, 1.82) is 0 Å². The molecule has 0 N–H and O–H groups in total. The molecule has 1 aromatic rings. The van der Waals surface area contributed by atoms with E-state index < -0.39 is 10.0 Å². The molecule has 1 aliphatic carbocycles. The van der Waals surface area contributed by atoms with E-state index in [4.69, 9.17) is 4.74 Å². The van der Waals surface area contributed by atoms with Crippen LogP contribution < -0.4 is 0 Å². The van der Waals surface area contributed by atoms with E-state index in [1.165, 1.54) is 6.42 Å². The molecule has 22 heavy (non-hydrogen) atoms. The molecule has 0 radical (unpaired) electrons. The van der Waals surface area contributed by atoms with Crippen LogP contribution in [0.25, 0.3) is 0 Å². The summed E-state index contributed by atoms with van der Waals surface area (Å²) >= 11 is 1.64. The van der Waals surface area contributed by atoms with Crippen LogP contribution in [0.2, 0.25) is 0 Å². The van der Waals surface area contributed by atoms with E-state index in [9.17, 15) is 8.42 Å². The van der Waals surface area contributed by atoms with E-state index in [-0.39, 0.29) is 11.3 Å². The van der Waals surface area contributed by atoms with Crippen molar-refractivity contribution >= 4 is 21.4 Å². The van der Waals surface area contributed by atoms with Crippen LogP contribution in [0.4, 0.5) is 0 Å². The van der Waals surface area contributed by atoms with E-state index in [1.807, 2.05) is 17.5 Å². The second-order valence-corrected chi connectivity index (χ2v) is 9.47. The SMILES string of the molecule is O=S(=O)(C1CCCCC1)N(Cc1cccs1)C1CCOCC1. The topological polar surface area (TPSA) is 46.6 Å². The summed E-state index contributed by atoms with van der Waals surface area (Å²) in [6, 6.07) is 4.13. The minimum atomic E-state index is -3.22. The Hall–Kier alpha value is -0.430. The van der Waals surface area contributed by atoms with Crippen LogP contribution in [0.3, 0.4) is 0 Å². The normalized spacial score (nSPS) is 22.2. The van der Waals surface area contributed by atoms with Gasteiger partial charge in [-0.1, -0.05) is 25.3 Å². The van der Waals surface area contributed by atoms with Crippen LogP contribution in [0.5, 0.6) is 0 Å². The van der Waals surface area contributed by atoms with E-state index >= 15 is 0 Å². The minimum Gasteiger partial charge on any atom is -0.381 e. The van der Waals surface area contributed by atoms with Gasteiger partial charge in [0.25, 0.3) is 0 Å². The molecule has 0 atom stereocenters. The number of hydrogen-bond acceptors (Lipinski definition) is 4. The van der Waals surface area contributed by atoms with Crippen molar-refractivity contribution in [2.75, 3.05) is 13.2 Å². The molecule has 3 rings (SSSR count). The van der Waals surface area contributed by atoms with E-state index in [0.29, 0.717) is 19.8 Å². The summed E-state index contributed by atoms with van der Waals surface area (Å²) in [5, 5.41) is 1.84. The largest absolute Gasteiger partial charge is 0.381 e. The van der Waals surface area contributed by atoms with Gasteiger partial charge in [0.05, 0.1) is 5.25 Å². The van der Waals surface area contributed by atoms with E-state index in [0.717, 1.165) is 43.4 Å². The maximum atomic E-state index is 13.2. The predicted molar refractivity (Wildman–Crippen MR) is 89.5 cm³/mol. The van der Waals surface area contributed by atoms with Gasteiger partial charge in [-0.15, -0.1) is 11.3 Å². The van der Waals surface area contributed by atoms with Crippen molar-refractivity contribution in [3.8, 4) is 0 Å². The number of sulfonamides is 1. The molecule has 0 unspecified atom stereocenters. The summed E-state index contributed by atoms with van der Waals surface area (Å²) in [4.78, 5) is 1.13. The highest BCUT2D eigenvalue weighted by Crippen LogP contribution is 2.31. The third-order valence-corrected chi connectivity index (χ3v) is 8.05. The van der Waals surface area contributed by atoms with Gasteiger partial charge in [0, 0.05) is 30.7 Å². The molecule has 1 aliphatic heterocycles. The lowest BCUT2D eigenvalue weighted by Gasteiger charge is -2.36. The lowest BCUT2D eigenvalue weighted by molar-refractivity contribution is 0.0567. The fourth-order valence-corrected chi connectivity index (χ4v) is 6.55. The Morgan fingerprint density at radius 1 is 1.14 bits per heavy atom. The summed E-state index contributed by atoms with van der Waals surface area (Å²) in [5.74, 6) is 0. The molecule has 0 spiro atoms. The highest BCUT2D eigenvalue weighted by atomic mass is 32.2. The van der Waals surface area contributed by atoms with E-state index in [1.54, 1.807) is 15.6 Å². The average Bonchev–Trinajstić information content (AvgIpc) is 3.07. The highest BCUT2D eigenvalue weighted by Gasteiger charge is 2.37. The van der Waals surface area contributed by atoms with Crippen LogP contribution in [-0.2, 0) is 21.3 Å². The number of hydrogen-bond donors (Lipinski definition) is 0. The molecule has 2 aliphatic rings. The maximum absolute atomic E-state index is 13.2. The number of nitrogens with zero attached hydrogens (tertiary/aromatic N) is 1. The molecule has 1 saturated carbocycles. The molecular weight excluding hydrogens is 318 g/mol. The van der Waals surface area contributed by atoms with Crippen LogP contribution in [0, 0.1) is 0 Å². The van der Waals surface area contributed by atoms with Gasteiger partial charge < -0.3 is 4.74 Å². The summed E-state index contributed by atoms with van der Waals surface area (Å²) in [6.45, 7) is 1.87. The zero-order chi connectivity index (χ0) is 15.4. The lowest BCUT2D eigenvalue weighted by Crippen LogP contribution is -2.47.